The molecule has 0 aromatic carbocycles. The molecule has 244 valence electrons. The van der Waals surface area contributed by atoms with Gasteiger partial charge in [0.25, 0.3) is 5.91 Å². The number of hydrogen-bond donors (Lipinski definition) is 2. The number of halogens is 5. The smallest absolute Gasteiger partial charge is 0.352 e. The van der Waals surface area contributed by atoms with Crippen LogP contribution in [0.3, 0.4) is 0 Å². The van der Waals surface area contributed by atoms with Crippen LogP contribution >= 0.6 is 0 Å². The second kappa shape index (κ2) is 18.2. The van der Waals surface area contributed by atoms with Crippen molar-refractivity contribution in [2.24, 2.45) is 0 Å². The minimum atomic E-state index is -4.37. The monoisotopic (exact) mass is 626 g/mol. The van der Waals surface area contributed by atoms with E-state index >= 15 is 0 Å². The number of nitrogens with one attached hydrogen (secondary N) is 2. The van der Waals surface area contributed by atoms with Crippen molar-refractivity contribution in [3.63, 3.8) is 0 Å². The van der Waals surface area contributed by atoms with E-state index in [1.165, 1.54) is 30.0 Å². The van der Waals surface area contributed by atoms with Gasteiger partial charge in [0.1, 0.15) is 5.69 Å². The van der Waals surface area contributed by atoms with Gasteiger partial charge in [-0.05, 0) is 48.6 Å². The molecular weight excluding hydrogens is 583 g/mol. The van der Waals surface area contributed by atoms with Gasteiger partial charge in [-0.2, -0.15) is 18.3 Å². The van der Waals surface area contributed by atoms with Gasteiger partial charge in [0.15, 0.2) is 5.65 Å². The zero-order valence-corrected chi connectivity index (χ0v) is 25.7. The number of aromatic nitrogens is 4. The molecule has 0 saturated heterocycles. The Morgan fingerprint density at radius 2 is 1.61 bits per heavy atom. The molecule has 2 amide bonds. The number of aryl methyl sites for hydroxylation is 1. The van der Waals surface area contributed by atoms with Crippen LogP contribution in [0, 0.1) is 0 Å². The molecule has 0 unspecified atom stereocenters. The predicted molar refractivity (Wildman–Crippen MR) is 158 cm³/mol. The van der Waals surface area contributed by atoms with Crippen LogP contribution in [0.5, 0.6) is 0 Å². The molecule has 0 radical (unpaired) electrons. The van der Waals surface area contributed by atoms with Crippen LogP contribution in [0.4, 0.5) is 22.0 Å². The van der Waals surface area contributed by atoms with Crippen molar-refractivity contribution in [1.29, 1.82) is 0 Å². The van der Waals surface area contributed by atoms with Crippen molar-refractivity contribution in [1.82, 2.24) is 30.2 Å². The molecule has 3 heterocycles. The molecule has 0 aliphatic heterocycles. The molecule has 13 heteroatoms. The van der Waals surface area contributed by atoms with Crippen molar-refractivity contribution in [3.8, 4) is 0 Å². The Hall–Kier alpha value is -3.64. The quantitative estimate of drug-likeness (QED) is 0.255. The first-order valence-electron chi connectivity index (χ1n) is 15.2. The Labute approximate surface area is 255 Å². The fraction of sp³-hybridized carbons (Fsp3) is 0.581. The highest BCUT2D eigenvalue weighted by Gasteiger charge is 2.30. The van der Waals surface area contributed by atoms with Crippen molar-refractivity contribution in [3.05, 3.63) is 59.3 Å². The molecule has 3 aromatic heterocycles. The number of rotatable bonds is 8. The van der Waals surface area contributed by atoms with E-state index in [1.54, 1.807) is 24.5 Å². The minimum absolute atomic E-state index is 0.0402. The summed E-state index contributed by atoms with van der Waals surface area (Å²) in [6.07, 6.45) is 6.53. The lowest BCUT2D eigenvalue weighted by Gasteiger charge is -2.20. The molecule has 0 atom stereocenters. The van der Waals surface area contributed by atoms with E-state index in [1.807, 2.05) is 26.8 Å². The van der Waals surface area contributed by atoms with E-state index in [0.717, 1.165) is 18.4 Å². The van der Waals surface area contributed by atoms with E-state index in [9.17, 15) is 31.5 Å². The standard InChI is InChI=1S/C20H21F3N6O2.C6H10F2.C3H6.C2H6/c1-2-13-4-6-24-16(7-13)19(31)26-11-15-12-29-17(28-15)8-14(10-27-29)9-25-18(30)3-5-20(21,22)23;7-6(8)4-2-1-3-5-6;1-2-3-1;1-2/h4,6-8,10,12H,2-3,5,9,11H2,1H3,(H,25,30)(H,26,31);1-5H2;1-3H2;1-2H3. The Morgan fingerprint density at radius 3 is 2.18 bits per heavy atom. The maximum atomic E-state index is 12.3. The highest BCUT2D eigenvalue weighted by molar-refractivity contribution is 5.92. The highest BCUT2D eigenvalue weighted by Crippen LogP contribution is 2.32. The maximum Gasteiger partial charge on any atom is 0.389 e. The van der Waals surface area contributed by atoms with Crippen molar-refractivity contribution in [2.45, 2.75) is 117 Å². The Kier molecular flexibility index (Phi) is 15.1. The number of hydrogen-bond acceptors (Lipinski definition) is 5. The Balaban J connectivity index is 0.000000429. The molecule has 0 spiro atoms. The van der Waals surface area contributed by atoms with Crippen LogP contribution in [0.1, 0.15) is 112 Å². The van der Waals surface area contributed by atoms with Gasteiger partial charge < -0.3 is 10.6 Å². The van der Waals surface area contributed by atoms with Crippen molar-refractivity contribution >= 4 is 17.5 Å². The van der Waals surface area contributed by atoms with Gasteiger partial charge in [0, 0.05) is 32.0 Å². The fourth-order valence-corrected chi connectivity index (χ4v) is 3.84. The van der Waals surface area contributed by atoms with E-state index in [0.29, 0.717) is 35.4 Å². The lowest BCUT2D eigenvalue weighted by molar-refractivity contribution is -0.144. The van der Waals surface area contributed by atoms with E-state index in [2.05, 4.69) is 25.7 Å². The van der Waals surface area contributed by atoms with Gasteiger partial charge >= 0.3 is 6.18 Å². The minimum Gasteiger partial charge on any atom is -0.352 e. The first kappa shape index (κ1) is 36.6. The number of pyridine rings is 1. The molecule has 2 N–H and O–H groups in total. The van der Waals surface area contributed by atoms with Gasteiger partial charge in [0.05, 0.1) is 31.1 Å². The second-order valence-corrected chi connectivity index (χ2v) is 10.4. The number of amides is 2. The number of imidazole rings is 1. The molecule has 2 aliphatic rings. The number of carbonyl (C=O) groups excluding carboxylic acids is 2. The lowest BCUT2D eigenvalue weighted by Crippen LogP contribution is -2.24. The van der Waals surface area contributed by atoms with Gasteiger partial charge in [-0.25, -0.2) is 18.3 Å². The molecule has 2 fully saturated rings. The van der Waals surface area contributed by atoms with Crippen LogP contribution in [0.25, 0.3) is 5.65 Å². The van der Waals surface area contributed by atoms with Gasteiger partial charge in [0.2, 0.25) is 11.8 Å². The summed E-state index contributed by atoms with van der Waals surface area (Å²) >= 11 is 0. The summed E-state index contributed by atoms with van der Waals surface area (Å²) in [6, 6.07) is 5.24. The Bertz CT molecular complexity index is 1300. The third-order valence-electron chi connectivity index (χ3n) is 6.39. The van der Waals surface area contributed by atoms with Gasteiger partial charge in [-0.15, -0.1) is 0 Å². The molecule has 8 nitrogen and oxygen atoms in total. The van der Waals surface area contributed by atoms with E-state index in [4.69, 9.17) is 0 Å². The van der Waals surface area contributed by atoms with Crippen LogP contribution in [0.15, 0.2) is 36.8 Å². The summed E-state index contributed by atoms with van der Waals surface area (Å²) in [6.45, 7) is 6.20. The largest absolute Gasteiger partial charge is 0.389 e. The van der Waals surface area contributed by atoms with Crippen molar-refractivity contribution in [2.75, 3.05) is 0 Å². The molecule has 2 saturated carbocycles. The zero-order chi connectivity index (χ0) is 32.6. The second-order valence-electron chi connectivity index (χ2n) is 10.4. The summed E-state index contributed by atoms with van der Waals surface area (Å²) < 4.78 is 62.4. The SMILES string of the molecule is C1CC1.CC.CCc1ccnc(C(=O)NCc2cn3ncc(CNC(=O)CCC(F)(F)F)cc3n2)c1.FC1(F)CCCCC1. The Morgan fingerprint density at radius 1 is 0.955 bits per heavy atom. The summed E-state index contributed by atoms with van der Waals surface area (Å²) in [5, 5.41) is 9.36. The predicted octanol–water partition coefficient (Wildman–Crippen LogP) is 7.36. The van der Waals surface area contributed by atoms with Gasteiger partial charge in [-0.1, -0.05) is 46.5 Å². The van der Waals surface area contributed by atoms with Crippen LogP contribution in [0.2, 0.25) is 0 Å². The molecule has 5 rings (SSSR count). The van der Waals surface area contributed by atoms with Crippen LogP contribution in [-0.2, 0) is 24.3 Å². The topological polar surface area (TPSA) is 101 Å². The lowest BCUT2D eigenvalue weighted by atomic mass is 9.97. The maximum absolute atomic E-state index is 12.3. The van der Waals surface area contributed by atoms with E-state index in [-0.39, 0.29) is 31.8 Å². The number of alkyl halides is 5. The summed E-state index contributed by atoms with van der Waals surface area (Å²) in [4.78, 5) is 32.3. The van der Waals surface area contributed by atoms with Crippen molar-refractivity contribution < 1.29 is 31.5 Å². The third-order valence-corrected chi connectivity index (χ3v) is 6.39. The number of fused-ring (bicyclic) bond motifs is 1. The highest BCUT2D eigenvalue weighted by atomic mass is 19.4. The first-order valence-corrected chi connectivity index (χ1v) is 15.2. The molecule has 3 aromatic rings. The van der Waals surface area contributed by atoms with Crippen LogP contribution in [-0.4, -0.2) is 43.5 Å². The number of carbonyl (C=O) groups is 2. The molecular formula is C31H43F5N6O2. The van der Waals surface area contributed by atoms with Crippen LogP contribution < -0.4 is 10.6 Å². The summed E-state index contributed by atoms with van der Waals surface area (Å²) in [7, 11) is 0. The van der Waals surface area contributed by atoms with E-state index < -0.39 is 30.8 Å². The van der Waals surface area contributed by atoms with Gasteiger partial charge in [-0.3, -0.25) is 14.6 Å². The normalized spacial score (nSPS) is 14.9. The summed E-state index contributed by atoms with van der Waals surface area (Å²) in [5.74, 6) is -3.33. The molecule has 0 bridgehead atoms. The third kappa shape index (κ3) is 14.7. The zero-order valence-electron chi connectivity index (χ0n) is 25.7. The average molecular weight is 627 g/mol. The molecule has 44 heavy (non-hydrogen) atoms. The summed E-state index contributed by atoms with van der Waals surface area (Å²) in [5.41, 5.74) is 2.98. The molecule has 2 aliphatic carbocycles. The average Bonchev–Trinajstić information content (AvgIpc) is 3.84. The first-order chi connectivity index (χ1) is 20.9. The number of nitrogens with zero attached hydrogens (tertiary/aromatic N) is 4. The fourth-order valence-electron chi connectivity index (χ4n) is 3.84.